The van der Waals surface area contributed by atoms with Crippen LogP contribution in [0.3, 0.4) is 0 Å². The molecule has 0 aliphatic heterocycles. The van der Waals surface area contributed by atoms with Gasteiger partial charge in [0.1, 0.15) is 0 Å². The molecule has 20 heavy (non-hydrogen) atoms. The maximum Gasteiger partial charge on any atom is 0.0219 e. The maximum atomic E-state index is 5.86. The second-order valence-corrected chi connectivity index (χ2v) is 7.28. The molecule has 0 heterocycles. The molecule has 2 aromatic rings. The van der Waals surface area contributed by atoms with E-state index >= 15 is 0 Å². The summed E-state index contributed by atoms with van der Waals surface area (Å²) in [7, 11) is 0. The Bertz CT molecular complexity index is 608. The molecular formula is C17H20BrNS. The van der Waals surface area contributed by atoms with Crippen molar-refractivity contribution in [2.75, 3.05) is 0 Å². The summed E-state index contributed by atoms with van der Waals surface area (Å²) in [6.45, 7) is 6.33. The Balaban J connectivity index is 2.17. The Morgan fingerprint density at radius 1 is 1.05 bits per heavy atom. The van der Waals surface area contributed by atoms with Crippen LogP contribution < -0.4 is 5.73 Å². The van der Waals surface area contributed by atoms with Gasteiger partial charge in [0.05, 0.1) is 0 Å². The van der Waals surface area contributed by atoms with Crippen molar-refractivity contribution in [2.24, 2.45) is 5.73 Å². The van der Waals surface area contributed by atoms with Crippen molar-refractivity contribution in [1.82, 2.24) is 0 Å². The molecule has 0 aromatic heterocycles. The topological polar surface area (TPSA) is 26.0 Å². The monoisotopic (exact) mass is 349 g/mol. The molecule has 1 unspecified atom stereocenters. The molecule has 0 spiro atoms. The van der Waals surface area contributed by atoms with E-state index in [0.29, 0.717) is 0 Å². The molecule has 2 aromatic carbocycles. The van der Waals surface area contributed by atoms with Crippen molar-refractivity contribution >= 4 is 27.7 Å². The molecule has 0 saturated carbocycles. The molecule has 1 atom stereocenters. The molecule has 106 valence electrons. The fraction of sp³-hybridized carbons (Fsp3) is 0.294. The quantitative estimate of drug-likeness (QED) is 0.830. The molecule has 3 heteroatoms. The van der Waals surface area contributed by atoms with Gasteiger partial charge in [-0.3, -0.25) is 0 Å². The van der Waals surface area contributed by atoms with Gasteiger partial charge in [0.15, 0.2) is 0 Å². The number of nitrogens with two attached hydrogens (primary N) is 1. The molecule has 0 amide bonds. The fourth-order valence-corrected chi connectivity index (χ4v) is 3.67. The van der Waals surface area contributed by atoms with E-state index in [4.69, 9.17) is 5.73 Å². The van der Waals surface area contributed by atoms with Gasteiger partial charge < -0.3 is 5.73 Å². The van der Waals surface area contributed by atoms with Crippen LogP contribution in [-0.2, 0) is 6.42 Å². The Morgan fingerprint density at radius 2 is 1.70 bits per heavy atom. The van der Waals surface area contributed by atoms with Crippen LogP contribution in [0.25, 0.3) is 0 Å². The molecule has 0 saturated heterocycles. The van der Waals surface area contributed by atoms with Crippen LogP contribution in [0.4, 0.5) is 0 Å². The fourth-order valence-electron chi connectivity index (χ4n) is 2.02. The van der Waals surface area contributed by atoms with Crippen LogP contribution in [0.1, 0.15) is 23.6 Å². The first kappa shape index (κ1) is 15.6. The van der Waals surface area contributed by atoms with Crippen molar-refractivity contribution in [1.29, 1.82) is 0 Å². The zero-order valence-corrected chi connectivity index (χ0v) is 14.5. The van der Waals surface area contributed by atoms with E-state index in [1.54, 1.807) is 11.8 Å². The maximum absolute atomic E-state index is 5.86. The summed E-state index contributed by atoms with van der Waals surface area (Å²) < 4.78 is 1.14. The molecular weight excluding hydrogens is 330 g/mol. The summed E-state index contributed by atoms with van der Waals surface area (Å²) in [4.78, 5) is 2.52. The summed E-state index contributed by atoms with van der Waals surface area (Å²) in [5.41, 5.74) is 9.80. The zero-order valence-electron chi connectivity index (χ0n) is 12.1. The molecule has 2 rings (SSSR count). The van der Waals surface area contributed by atoms with Gasteiger partial charge >= 0.3 is 0 Å². The molecule has 0 fully saturated rings. The van der Waals surface area contributed by atoms with Crippen LogP contribution >= 0.6 is 27.7 Å². The molecule has 2 N–H and O–H groups in total. The molecule has 0 aliphatic rings. The van der Waals surface area contributed by atoms with Crippen molar-refractivity contribution in [3.05, 3.63) is 57.6 Å². The second kappa shape index (κ2) is 6.79. The van der Waals surface area contributed by atoms with E-state index < -0.39 is 0 Å². The molecule has 0 aliphatic carbocycles. The van der Waals surface area contributed by atoms with Gasteiger partial charge in [-0.1, -0.05) is 39.8 Å². The number of halogens is 1. The summed E-state index contributed by atoms with van der Waals surface area (Å²) >= 11 is 5.44. The Morgan fingerprint density at radius 3 is 2.30 bits per heavy atom. The average Bonchev–Trinajstić information content (AvgIpc) is 2.37. The van der Waals surface area contributed by atoms with Gasteiger partial charge in [0, 0.05) is 20.3 Å². The van der Waals surface area contributed by atoms with E-state index in [-0.39, 0.29) is 6.04 Å². The SMILES string of the molecule is Cc1ccc(Sc2ccc(CC(C)N)c(Br)c2)cc1C. The van der Waals surface area contributed by atoms with Gasteiger partial charge in [0.25, 0.3) is 0 Å². The molecule has 1 nitrogen and oxygen atoms in total. The Hall–Kier alpha value is -0.770. The lowest BCUT2D eigenvalue weighted by atomic mass is 10.1. The minimum absolute atomic E-state index is 0.185. The van der Waals surface area contributed by atoms with Crippen molar-refractivity contribution in [3.8, 4) is 0 Å². The first-order valence-corrected chi connectivity index (χ1v) is 8.36. The third-order valence-corrected chi connectivity index (χ3v) is 5.00. The minimum atomic E-state index is 0.185. The number of rotatable bonds is 4. The van der Waals surface area contributed by atoms with E-state index in [1.807, 2.05) is 6.92 Å². The number of hydrogen-bond donors (Lipinski definition) is 1. The summed E-state index contributed by atoms with van der Waals surface area (Å²) in [5, 5.41) is 0. The lowest BCUT2D eigenvalue weighted by Crippen LogP contribution is -2.17. The lowest BCUT2D eigenvalue weighted by Gasteiger charge is -2.10. The Labute approximate surface area is 134 Å². The van der Waals surface area contributed by atoms with Crippen LogP contribution in [0.15, 0.2) is 50.7 Å². The summed E-state index contributed by atoms with van der Waals surface area (Å²) in [5.74, 6) is 0. The van der Waals surface area contributed by atoms with E-state index in [9.17, 15) is 0 Å². The highest BCUT2D eigenvalue weighted by Gasteiger charge is 2.06. The summed E-state index contributed by atoms with van der Waals surface area (Å²) in [6, 6.07) is 13.3. The lowest BCUT2D eigenvalue weighted by molar-refractivity contribution is 0.735. The first-order valence-electron chi connectivity index (χ1n) is 6.75. The van der Waals surface area contributed by atoms with Crippen LogP contribution in [-0.4, -0.2) is 6.04 Å². The average molecular weight is 350 g/mol. The predicted molar refractivity (Wildman–Crippen MR) is 91.5 cm³/mol. The highest BCUT2D eigenvalue weighted by Crippen LogP contribution is 2.32. The highest BCUT2D eigenvalue weighted by atomic mass is 79.9. The molecule has 0 radical (unpaired) electrons. The normalized spacial score (nSPS) is 12.4. The smallest absolute Gasteiger partial charge is 0.0219 e. The number of benzene rings is 2. The summed E-state index contributed by atoms with van der Waals surface area (Å²) in [6.07, 6.45) is 0.898. The van der Waals surface area contributed by atoms with E-state index in [1.165, 1.54) is 26.5 Å². The van der Waals surface area contributed by atoms with E-state index in [0.717, 1.165) is 10.9 Å². The van der Waals surface area contributed by atoms with Crippen LogP contribution in [0.5, 0.6) is 0 Å². The highest BCUT2D eigenvalue weighted by molar-refractivity contribution is 9.10. The van der Waals surface area contributed by atoms with Crippen molar-refractivity contribution < 1.29 is 0 Å². The second-order valence-electron chi connectivity index (χ2n) is 5.28. The van der Waals surface area contributed by atoms with Gasteiger partial charge in [-0.25, -0.2) is 0 Å². The largest absolute Gasteiger partial charge is 0.328 e. The first-order chi connectivity index (χ1) is 9.45. The van der Waals surface area contributed by atoms with Crippen LogP contribution in [0.2, 0.25) is 0 Å². The van der Waals surface area contributed by atoms with Gasteiger partial charge in [0.2, 0.25) is 0 Å². The predicted octanol–water partition coefficient (Wildman–Crippen LogP) is 5.11. The van der Waals surface area contributed by atoms with Crippen molar-refractivity contribution in [3.63, 3.8) is 0 Å². The Kier molecular flexibility index (Phi) is 5.30. The van der Waals surface area contributed by atoms with Gasteiger partial charge in [-0.15, -0.1) is 0 Å². The van der Waals surface area contributed by atoms with Crippen LogP contribution in [0, 0.1) is 13.8 Å². The van der Waals surface area contributed by atoms with Gasteiger partial charge in [-0.2, -0.15) is 0 Å². The van der Waals surface area contributed by atoms with E-state index in [2.05, 4.69) is 66.2 Å². The third-order valence-electron chi connectivity index (χ3n) is 3.28. The van der Waals surface area contributed by atoms with Gasteiger partial charge in [-0.05, 0) is 68.1 Å². The number of aryl methyl sites for hydroxylation is 2. The van der Waals surface area contributed by atoms with Crippen molar-refractivity contribution in [2.45, 2.75) is 43.0 Å². The molecule has 0 bridgehead atoms. The minimum Gasteiger partial charge on any atom is -0.328 e. The third kappa shape index (κ3) is 4.11. The standard InChI is InChI=1S/C17H20BrNS/c1-11-4-6-15(8-12(11)2)20-16-7-5-14(9-13(3)19)17(18)10-16/h4-8,10,13H,9,19H2,1-3H3. The number of hydrogen-bond acceptors (Lipinski definition) is 2. The zero-order chi connectivity index (χ0) is 14.7.